The fraction of sp³-hybridized carbons (Fsp3) is 0.474. The molecule has 0 atom stereocenters. The number of aromatic nitrogens is 2. The summed E-state index contributed by atoms with van der Waals surface area (Å²) in [6.07, 6.45) is 4.76. The van der Waals surface area contributed by atoms with Crippen molar-refractivity contribution < 1.29 is 9.53 Å². The van der Waals surface area contributed by atoms with Crippen molar-refractivity contribution in [3.63, 3.8) is 0 Å². The maximum atomic E-state index is 12.5. The van der Waals surface area contributed by atoms with Crippen LogP contribution in [0.5, 0.6) is 5.75 Å². The van der Waals surface area contributed by atoms with Crippen LogP contribution >= 0.6 is 0 Å². The largest absolute Gasteiger partial charge is 0.497 e. The first-order chi connectivity index (χ1) is 12.7. The molecule has 0 unspecified atom stereocenters. The highest BCUT2D eigenvalue weighted by Crippen LogP contribution is 2.11. The molecule has 7 heteroatoms. The van der Waals surface area contributed by atoms with E-state index in [0.717, 1.165) is 56.3 Å². The highest BCUT2D eigenvalue weighted by atomic mass is 16.5. The molecule has 0 bridgehead atoms. The van der Waals surface area contributed by atoms with Crippen molar-refractivity contribution in [1.82, 2.24) is 24.7 Å². The lowest BCUT2D eigenvalue weighted by atomic mass is 10.2. The first kappa shape index (κ1) is 18.3. The third-order valence-electron chi connectivity index (χ3n) is 4.76. The van der Waals surface area contributed by atoms with Crippen LogP contribution in [-0.2, 0) is 20.1 Å². The summed E-state index contributed by atoms with van der Waals surface area (Å²) in [6, 6.07) is 7.75. The predicted molar refractivity (Wildman–Crippen MR) is 99.9 cm³/mol. The second-order valence-electron chi connectivity index (χ2n) is 6.58. The number of urea groups is 1. The van der Waals surface area contributed by atoms with Gasteiger partial charge >= 0.3 is 6.03 Å². The molecule has 1 fully saturated rings. The first-order valence-electron chi connectivity index (χ1n) is 9.00. The van der Waals surface area contributed by atoms with E-state index in [0.29, 0.717) is 6.54 Å². The highest BCUT2D eigenvalue weighted by Gasteiger charge is 2.19. The SMILES string of the molecule is COc1ccc(CNC(=O)N2CCCN(Cc3nccn3C)CC2)cc1. The van der Waals surface area contributed by atoms with E-state index in [2.05, 4.69) is 15.2 Å². The molecule has 140 valence electrons. The second-order valence-corrected chi connectivity index (χ2v) is 6.58. The Morgan fingerprint density at radius 3 is 2.69 bits per heavy atom. The molecule has 0 spiro atoms. The predicted octanol–water partition coefficient (Wildman–Crippen LogP) is 1.85. The molecule has 0 radical (unpaired) electrons. The minimum absolute atomic E-state index is 0.000315. The number of aryl methyl sites for hydroxylation is 1. The number of carbonyl (C=O) groups excluding carboxylic acids is 1. The number of nitrogens with one attached hydrogen (secondary N) is 1. The Labute approximate surface area is 154 Å². The van der Waals surface area contributed by atoms with Crippen LogP contribution in [0.3, 0.4) is 0 Å². The molecule has 2 heterocycles. The zero-order valence-corrected chi connectivity index (χ0v) is 15.5. The van der Waals surface area contributed by atoms with Crippen molar-refractivity contribution in [3.05, 3.63) is 48.0 Å². The molecule has 2 aromatic rings. The van der Waals surface area contributed by atoms with Gasteiger partial charge in [0.15, 0.2) is 0 Å². The van der Waals surface area contributed by atoms with Crippen molar-refractivity contribution in [1.29, 1.82) is 0 Å². The molecule has 1 aliphatic rings. The molecule has 1 aromatic heterocycles. The summed E-state index contributed by atoms with van der Waals surface area (Å²) >= 11 is 0. The van der Waals surface area contributed by atoms with Gasteiger partial charge in [-0.15, -0.1) is 0 Å². The van der Waals surface area contributed by atoms with Gasteiger partial charge in [0.25, 0.3) is 0 Å². The van der Waals surface area contributed by atoms with Crippen LogP contribution in [0, 0.1) is 0 Å². The van der Waals surface area contributed by atoms with Crippen molar-refractivity contribution in [2.45, 2.75) is 19.5 Å². The summed E-state index contributed by atoms with van der Waals surface area (Å²) in [5.74, 6) is 1.88. The summed E-state index contributed by atoms with van der Waals surface area (Å²) < 4.78 is 7.20. The molecule has 3 rings (SSSR count). The van der Waals surface area contributed by atoms with Crippen molar-refractivity contribution in [3.8, 4) is 5.75 Å². The number of benzene rings is 1. The Kier molecular flexibility index (Phi) is 6.12. The minimum atomic E-state index is -0.000315. The number of nitrogens with zero attached hydrogens (tertiary/aromatic N) is 4. The average Bonchev–Trinajstić information content (AvgIpc) is 2.92. The lowest BCUT2D eigenvalue weighted by Crippen LogP contribution is -2.41. The van der Waals surface area contributed by atoms with E-state index < -0.39 is 0 Å². The van der Waals surface area contributed by atoms with Crippen LogP contribution in [0.4, 0.5) is 4.79 Å². The van der Waals surface area contributed by atoms with Crippen LogP contribution in [0.15, 0.2) is 36.7 Å². The number of rotatable bonds is 5. The Morgan fingerprint density at radius 2 is 2.00 bits per heavy atom. The Bertz CT molecular complexity index is 713. The number of hydrogen-bond acceptors (Lipinski definition) is 4. The van der Waals surface area contributed by atoms with Crippen LogP contribution in [0.25, 0.3) is 0 Å². The third-order valence-corrected chi connectivity index (χ3v) is 4.76. The quantitative estimate of drug-likeness (QED) is 0.887. The minimum Gasteiger partial charge on any atom is -0.497 e. The molecule has 1 aliphatic heterocycles. The number of amides is 2. The normalized spacial score (nSPS) is 15.5. The van der Waals surface area contributed by atoms with Crippen molar-refractivity contribution in [2.24, 2.45) is 7.05 Å². The zero-order chi connectivity index (χ0) is 18.4. The van der Waals surface area contributed by atoms with Gasteiger partial charge in [-0.3, -0.25) is 4.90 Å². The summed E-state index contributed by atoms with van der Waals surface area (Å²) in [7, 11) is 3.66. The second kappa shape index (κ2) is 8.71. The number of imidazole rings is 1. The lowest BCUT2D eigenvalue weighted by Gasteiger charge is -2.22. The Balaban J connectivity index is 1.46. The van der Waals surface area contributed by atoms with Gasteiger partial charge in [-0.25, -0.2) is 9.78 Å². The molecule has 1 N–H and O–H groups in total. The zero-order valence-electron chi connectivity index (χ0n) is 15.5. The number of ether oxygens (including phenoxy) is 1. The Hall–Kier alpha value is -2.54. The smallest absolute Gasteiger partial charge is 0.317 e. The molecule has 1 aromatic carbocycles. The van der Waals surface area contributed by atoms with E-state index in [9.17, 15) is 4.79 Å². The van der Waals surface area contributed by atoms with E-state index in [-0.39, 0.29) is 6.03 Å². The van der Waals surface area contributed by atoms with Gasteiger partial charge in [-0.2, -0.15) is 0 Å². The van der Waals surface area contributed by atoms with Gasteiger partial charge in [-0.05, 0) is 24.1 Å². The average molecular weight is 357 g/mol. The third kappa shape index (κ3) is 4.76. The molecule has 7 nitrogen and oxygen atoms in total. The monoisotopic (exact) mass is 357 g/mol. The summed E-state index contributed by atoms with van der Waals surface area (Å²) in [5.41, 5.74) is 1.06. The molecule has 1 saturated heterocycles. The van der Waals surface area contributed by atoms with Crippen LogP contribution < -0.4 is 10.1 Å². The number of hydrogen-bond donors (Lipinski definition) is 1. The van der Waals surface area contributed by atoms with E-state index in [4.69, 9.17) is 4.74 Å². The van der Waals surface area contributed by atoms with Crippen LogP contribution in [0.2, 0.25) is 0 Å². The van der Waals surface area contributed by atoms with E-state index in [1.807, 2.05) is 53.2 Å². The van der Waals surface area contributed by atoms with Crippen LogP contribution in [-0.4, -0.2) is 58.7 Å². The van der Waals surface area contributed by atoms with Gasteiger partial charge in [0, 0.05) is 52.2 Å². The maximum Gasteiger partial charge on any atom is 0.317 e. The Morgan fingerprint density at radius 1 is 1.19 bits per heavy atom. The van der Waals surface area contributed by atoms with Crippen LogP contribution in [0.1, 0.15) is 17.8 Å². The number of methoxy groups -OCH3 is 1. The molecular formula is C19H27N5O2. The molecule has 0 aliphatic carbocycles. The highest BCUT2D eigenvalue weighted by molar-refractivity contribution is 5.74. The molecule has 2 amide bonds. The summed E-state index contributed by atoms with van der Waals surface area (Å²) in [4.78, 5) is 21.1. The molecule has 0 saturated carbocycles. The lowest BCUT2D eigenvalue weighted by molar-refractivity contribution is 0.197. The van der Waals surface area contributed by atoms with Gasteiger partial charge < -0.3 is 19.5 Å². The topological polar surface area (TPSA) is 62.6 Å². The summed E-state index contributed by atoms with van der Waals surface area (Å²) in [5, 5.41) is 3.01. The molecule has 26 heavy (non-hydrogen) atoms. The van der Waals surface area contributed by atoms with Gasteiger partial charge in [0.1, 0.15) is 11.6 Å². The van der Waals surface area contributed by atoms with E-state index in [1.165, 1.54) is 0 Å². The van der Waals surface area contributed by atoms with Gasteiger partial charge in [-0.1, -0.05) is 12.1 Å². The standard InChI is InChI=1S/C19H27N5O2/c1-22-11-8-20-18(22)15-23-9-3-10-24(13-12-23)19(25)21-14-16-4-6-17(26-2)7-5-16/h4-8,11H,3,9-10,12-15H2,1-2H3,(H,21,25). The number of carbonyl (C=O) groups is 1. The fourth-order valence-electron chi connectivity index (χ4n) is 3.11. The van der Waals surface area contributed by atoms with E-state index in [1.54, 1.807) is 7.11 Å². The maximum absolute atomic E-state index is 12.5. The summed E-state index contributed by atoms with van der Waals surface area (Å²) in [6.45, 7) is 4.71. The van der Waals surface area contributed by atoms with Gasteiger partial charge in [0.05, 0.1) is 13.7 Å². The van der Waals surface area contributed by atoms with Gasteiger partial charge in [0.2, 0.25) is 0 Å². The molecular weight excluding hydrogens is 330 g/mol. The van der Waals surface area contributed by atoms with E-state index >= 15 is 0 Å². The van der Waals surface area contributed by atoms with Crippen molar-refractivity contribution in [2.75, 3.05) is 33.3 Å². The fourth-order valence-corrected chi connectivity index (χ4v) is 3.11. The first-order valence-corrected chi connectivity index (χ1v) is 9.00. The van der Waals surface area contributed by atoms with Crippen molar-refractivity contribution >= 4 is 6.03 Å².